The molecule has 1 fully saturated rings. The van der Waals surface area contributed by atoms with Crippen molar-refractivity contribution in [2.45, 2.75) is 17.9 Å². The molecule has 0 bridgehead atoms. The van der Waals surface area contributed by atoms with Crippen LogP contribution in [0.4, 0.5) is 5.69 Å². The van der Waals surface area contributed by atoms with Gasteiger partial charge in [-0.25, -0.2) is 13.2 Å². The second kappa shape index (κ2) is 8.78. The summed E-state index contributed by atoms with van der Waals surface area (Å²) in [5.41, 5.74) is 1.52. The van der Waals surface area contributed by atoms with E-state index in [4.69, 9.17) is 9.47 Å². The summed E-state index contributed by atoms with van der Waals surface area (Å²) in [5, 5.41) is 2.86. The molecule has 11 nitrogen and oxygen atoms in total. The van der Waals surface area contributed by atoms with Gasteiger partial charge in [-0.1, -0.05) is 0 Å². The highest BCUT2D eigenvalue weighted by molar-refractivity contribution is 7.89. The lowest BCUT2D eigenvalue weighted by Crippen LogP contribution is -2.53. The summed E-state index contributed by atoms with van der Waals surface area (Å²) in [6.07, 6.45) is 0. The Labute approximate surface area is 195 Å². The van der Waals surface area contributed by atoms with Crippen LogP contribution in [-0.4, -0.2) is 78.9 Å². The molecule has 1 atom stereocenters. The van der Waals surface area contributed by atoms with E-state index in [-0.39, 0.29) is 29.6 Å². The smallest absolute Gasteiger partial charge is 0.323 e. The summed E-state index contributed by atoms with van der Waals surface area (Å²) >= 11 is 0. The number of carbonyl (C=O) groups excluding carboxylic acids is 1. The number of ether oxygens (including phenoxy) is 2. The van der Waals surface area contributed by atoms with Gasteiger partial charge in [-0.05, 0) is 37.3 Å². The van der Waals surface area contributed by atoms with Crippen LogP contribution in [0.2, 0.25) is 0 Å². The molecule has 1 aromatic heterocycles. The summed E-state index contributed by atoms with van der Waals surface area (Å²) in [6.45, 7) is 3.98. The maximum atomic E-state index is 13.1. The predicted molar refractivity (Wildman–Crippen MR) is 125 cm³/mol. The number of amides is 1. The van der Waals surface area contributed by atoms with Crippen LogP contribution in [0.25, 0.3) is 11.0 Å². The molecule has 1 saturated heterocycles. The van der Waals surface area contributed by atoms with Crippen LogP contribution in [-0.2, 0) is 14.8 Å². The van der Waals surface area contributed by atoms with Gasteiger partial charge >= 0.3 is 5.69 Å². The van der Waals surface area contributed by atoms with Gasteiger partial charge in [0.2, 0.25) is 15.9 Å². The van der Waals surface area contributed by atoms with Crippen molar-refractivity contribution in [1.29, 1.82) is 0 Å². The Morgan fingerprint density at radius 3 is 2.44 bits per heavy atom. The summed E-state index contributed by atoms with van der Waals surface area (Å²) in [4.78, 5) is 31.7. The van der Waals surface area contributed by atoms with Gasteiger partial charge in [0.15, 0.2) is 11.5 Å². The molecule has 180 valence electrons. The molecule has 2 aliphatic rings. The third kappa shape index (κ3) is 4.27. The molecule has 0 aliphatic carbocycles. The molecule has 34 heavy (non-hydrogen) atoms. The molecule has 1 amide bonds. The van der Waals surface area contributed by atoms with Crippen molar-refractivity contribution in [3.8, 4) is 11.5 Å². The van der Waals surface area contributed by atoms with Crippen molar-refractivity contribution >= 4 is 32.7 Å². The van der Waals surface area contributed by atoms with Crippen molar-refractivity contribution in [1.82, 2.24) is 19.2 Å². The Kier molecular flexibility index (Phi) is 5.80. The molecule has 0 spiro atoms. The molecule has 3 N–H and O–H groups in total. The van der Waals surface area contributed by atoms with E-state index in [0.29, 0.717) is 54.5 Å². The lowest BCUT2D eigenvalue weighted by molar-refractivity contribution is -0.121. The molecule has 0 unspecified atom stereocenters. The fraction of sp³-hybridized carbons (Fsp3) is 0.364. The van der Waals surface area contributed by atoms with Crippen molar-refractivity contribution in [3.63, 3.8) is 0 Å². The number of hydrogen-bond acceptors (Lipinski definition) is 7. The second-order valence-electron chi connectivity index (χ2n) is 8.25. The van der Waals surface area contributed by atoms with Crippen LogP contribution in [0, 0.1) is 0 Å². The van der Waals surface area contributed by atoms with Crippen LogP contribution < -0.4 is 20.5 Å². The molecule has 2 aromatic carbocycles. The standard InChI is InChI=1S/C22H25N5O6S/c1-14(21(28)23-15-2-4-17-18(12-15)25-22(29)24-17)26-6-8-27(9-7-26)34(30,31)16-3-5-19-20(13-16)33-11-10-32-19/h2-5,12-14H,6-11H2,1H3,(H,23,28)(H2,24,25,29)/t14-/m0/s1. The number of fused-ring (bicyclic) bond motifs is 2. The first kappa shape index (κ1) is 22.4. The summed E-state index contributed by atoms with van der Waals surface area (Å²) < 4.78 is 38.7. The summed E-state index contributed by atoms with van der Waals surface area (Å²) in [5.74, 6) is 0.760. The highest BCUT2D eigenvalue weighted by Gasteiger charge is 2.32. The van der Waals surface area contributed by atoms with Gasteiger partial charge in [-0.3, -0.25) is 9.69 Å². The number of hydrogen-bond donors (Lipinski definition) is 3. The number of rotatable bonds is 5. The topological polar surface area (TPSA) is 137 Å². The molecule has 0 radical (unpaired) electrons. The number of aromatic amines is 2. The van der Waals surface area contributed by atoms with Crippen LogP contribution in [0.5, 0.6) is 11.5 Å². The molecule has 2 aliphatic heterocycles. The van der Waals surface area contributed by atoms with Crippen LogP contribution in [0.15, 0.2) is 46.1 Å². The zero-order valence-electron chi connectivity index (χ0n) is 18.5. The van der Waals surface area contributed by atoms with Gasteiger partial charge in [-0.2, -0.15) is 4.31 Å². The molecule has 0 saturated carbocycles. The zero-order valence-corrected chi connectivity index (χ0v) is 19.4. The number of benzene rings is 2. The Morgan fingerprint density at radius 1 is 0.971 bits per heavy atom. The maximum Gasteiger partial charge on any atom is 0.323 e. The van der Waals surface area contributed by atoms with Gasteiger partial charge in [-0.15, -0.1) is 0 Å². The highest BCUT2D eigenvalue weighted by Crippen LogP contribution is 2.33. The number of imidazole rings is 1. The fourth-order valence-electron chi connectivity index (χ4n) is 4.19. The quantitative estimate of drug-likeness (QED) is 0.488. The first-order valence-corrected chi connectivity index (χ1v) is 12.4. The summed E-state index contributed by atoms with van der Waals surface area (Å²) in [7, 11) is -3.69. The lowest BCUT2D eigenvalue weighted by Gasteiger charge is -2.36. The Morgan fingerprint density at radius 2 is 1.68 bits per heavy atom. The van der Waals surface area contributed by atoms with E-state index in [2.05, 4.69) is 15.3 Å². The largest absolute Gasteiger partial charge is 0.486 e. The third-order valence-electron chi connectivity index (χ3n) is 6.14. The lowest BCUT2D eigenvalue weighted by atomic mass is 10.2. The van der Waals surface area contributed by atoms with Gasteiger partial charge < -0.3 is 24.8 Å². The Balaban J connectivity index is 1.21. The van der Waals surface area contributed by atoms with Crippen molar-refractivity contribution in [2.24, 2.45) is 0 Å². The molecule has 12 heteroatoms. The van der Waals surface area contributed by atoms with E-state index in [9.17, 15) is 18.0 Å². The van der Waals surface area contributed by atoms with Crippen molar-refractivity contribution in [3.05, 3.63) is 46.9 Å². The van der Waals surface area contributed by atoms with E-state index < -0.39 is 16.1 Å². The van der Waals surface area contributed by atoms with Crippen LogP contribution in [0.1, 0.15) is 6.92 Å². The molecular formula is C22H25N5O6S. The number of sulfonamides is 1. The molecule has 3 aromatic rings. The van der Waals surface area contributed by atoms with Crippen molar-refractivity contribution < 1.29 is 22.7 Å². The fourth-order valence-corrected chi connectivity index (χ4v) is 5.63. The first-order valence-electron chi connectivity index (χ1n) is 11.0. The number of piperazine rings is 1. The van der Waals surface area contributed by atoms with E-state index in [0.717, 1.165) is 0 Å². The summed E-state index contributed by atoms with van der Waals surface area (Å²) in [6, 6.07) is 9.31. The van der Waals surface area contributed by atoms with Gasteiger partial charge in [0.05, 0.1) is 22.0 Å². The number of anilines is 1. The SMILES string of the molecule is C[C@@H](C(=O)Nc1ccc2[nH]c(=O)[nH]c2c1)N1CCN(S(=O)(=O)c2ccc3c(c2)OCCO3)CC1. The minimum absolute atomic E-state index is 0.161. The number of nitrogens with one attached hydrogen (secondary N) is 3. The predicted octanol–water partition coefficient (Wildman–Crippen LogP) is 0.961. The normalized spacial score (nSPS) is 18.0. The Hall–Kier alpha value is -3.35. The third-order valence-corrected chi connectivity index (χ3v) is 8.03. The van der Waals surface area contributed by atoms with Gasteiger partial charge in [0, 0.05) is 37.9 Å². The second-order valence-corrected chi connectivity index (χ2v) is 10.2. The number of nitrogens with zero attached hydrogens (tertiary/aromatic N) is 2. The van der Waals surface area contributed by atoms with Crippen LogP contribution in [0.3, 0.4) is 0 Å². The molecular weight excluding hydrogens is 462 g/mol. The number of aromatic nitrogens is 2. The number of H-pyrrole nitrogens is 2. The minimum Gasteiger partial charge on any atom is -0.486 e. The Bertz CT molecular complexity index is 1390. The van der Waals surface area contributed by atoms with Crippen LogP contribution >= 0.6 is 0 Å². The van der Waals surface area contributed by atoms with E-state index in [1.165, 1.54) is 16.4 Å². The minimum atomic E-state index is -3.69. The molecule has 5 rings (SSSR count). The van der Waals surface area contributed by atoms with Gasteiger partial charge in [0.1, 0.15) is 13.2 Å². The monoisotopic (exact) mass is 487 g/mol. The molecule has 3 heterocycles. The zero-order chi connectivity index (χ0) is 23.9. The first-order chi connectivity index (χ1) is 16.3. The van der Waals surface area contributed by atoms with E-state index >= 15 is 0 Å². The van der Waals surface area contributed by atoms with Crippen molar-refractivity contribution in [2.75, 3.05) is 44.7 Å². The average Bonchev–Trinajstić information content (AvgIpc) is 3.22. The highest BCUT2D eigenvalue weighted by atomic mass is 32.2. The average molecular weight is 488 g/mol. The van der Waals surface area contributed by atoms with E-state index in [1.54, 1.807) is 31.2 Å². The number of carbonyl (C=O) groups is 1. The van der Waals surface area contributed by atoms with E-state index in [1.807, 2.05) is 4.90 Å². The van der Waals surface area contributed by atoms with Gasteiger partial charge in [0.25, 0.3) is 0 Å². The maximum absolute atomic E-state index is 13.1.